The quantitative estimate of drug-likeness (QED) is 0.779. The van der Waals surface area contributed by atoms with Crippen molar-refractivity contribution in [3.63, 3.8) is 0 Å². The molecule has 2 aromatic rings. The van der Waals surface area contributed by atoms with Gasteiger partial charge in [-0.1, -0.05) is 29.8 Å². The highest BCUT2D eigenvalue weighted by atomic mass is 35.5. The van der Waals surface area contributed by atoms with Crippen molar-refractivity contribution in [3.8, 4) is 11.5 Å². The van der Waals surface area contributed by atoms with Crippen LogP contribution in [0.1, 0.15) is 11.1 Å². The molecule has 0 aliphatic carbocycles. The van der Waals surface area contributed by atoms with E-state index in [1.807, 2.05) is 49.4 Å². The molecular formula is C17H20ClNO2. The summed E-state index contributed by atoms with van der Waals surface area (Å²) in [7, 11) is 1.69. The molecule has 21 heavy (non-hydrogen) atoms. The van der Waals surface area contributed by atoms with Gasteiger partial charge in [0.2, 0.25) is 0 Å². The summed E-state index contributed by atoms with van der Waals surface area (Å²) < 4.78 is 10.8. The molecule has 0 atom stereocenters. The molecule has 0 saturated carbocycles. The van der Waals surface area contributed by atoms with E-state index in [4.69, 9.17) is 21.1 Å². The van der Waals surface area contributed by atoms with E-state index in [0.29, 0.717) is 18.2 Å². The molecule has 0 radical (unpaired) electrons. The first-order valence-corrected chi connectivity index (χ1v) is 7.29. The molecule has 0 aromatic heterocycles. The molecule has 0 spiro atoms. The number of aryl methyl sites for hydroxylation is 1. The maximum absolute atomic E-state index is 6.29. The number of hydrogen-bond acceptors (Lipinski definition) is 3. The Bertz CT molecular complexity index is 587. The Morgan fingerprint density at radius 1 is 1.10 bits per heavy atom. The van der Waals surface area contributed by atoms with Crippen LogP contribution in [0.3, 0.4) is 0 Å². The summed E-state index contributed by atoms with van der Waals surface area (Å²) in [5, 5.41) is 3.97. The second-order valence-corrected chi connectivity index (χ2v) is 5.25. The normalized spacial score (nSPS) is 10.6. The number of ether oxygens (including phenoxy) is 2. The van der Waals surface area contributed by atoms with Crippen molar-refractivity contribution >= 4 is 11.6 Å². The number of methoxy groups -OCH3 is 1. The van der Waals surface area contributed by atoms with Crippen molar-refractivity contribution < 1.29 is 9.47 Å². The zero-order valence-electron chi connectivity index (χ0n) is 12.4. The van der Waals surface area contributed by atoms with Gasteiger partial charge in [-0.3, -0.25) is 0 Å². The van der Waals surface area contributed by atoms with E-state index in [0.717, 1.165) is 29.2 Å². The second-order valence-electron chi connectivity index (χ2n) is 4.84. The van der Waals surface area contributed by atoms with Gasteiger partial charge in [0.25, 0.3) is 0 Å². The molecule has 0 unspecified atom stereocenters. The average molecular weight is 306 g/mol. The Hall–Kier alpha value is -1.55. The fourth-order valence-electron chi connectivity index (χ4n) is 1.95. The van der Waals surface area contributed by atoms with Crippen molar-refractivity contribution in [2.24, 2.45) is 0 Å². The predicted octanol–water partition coefficient (Wildman–Crippen LogP) is 4.18. The molecule has 2 aromatic carbocycles. The first-order chi connectivity index (χ1) is 10.2. The van der Waals surface area contributed by atoms with E-state index in [1.54, 1.807) is 7.11 Å². The lowest BCUT2D eigenvalue weighted by atomic mass is 10.2. The van der Waals surface area contributed by atoms with Crippen LogP contribution in [-0.2, 0) is 11.3 Å². The highest BCUT2D eigenvalue weighted by Crippen LogP contribution is 2.27. The molecule has 0 aliphatic rings. The lowest BCUT2D eigenvalue weighted by molar-refractivity contribution is 0.199. The number of hydrogen-bond donors (Lipinski definition) is 1. The van der Waals surface area contributed by atoms with E-state index in [1.165, 1.54) is 0 Å². The van der Waals surface area contributed by atoms with Crippen molar-refractivity contribution in [2.75, 3.05) is 20.3 Å². The molecule has 1 N–H and O–H groups in total. The topological polar surface area (TPSA) is 30.5 Å². The number of benzene rings is 2. The second kappa shape index (κ2) is 8.03. The van der Waals surface area contributed by atoms with Gasteiger partial charge >= 0.3 is 0 Å². The first-order valence-electron chi connectivity index (χ1n) is 6.91. The summed E-state index contributed by atoms with van der Waals surface area (Å²) in [5.41, 5.74) is 2.21. The molecule has 4 heteroatoms. The smallest absolute Gasteiger partial charge is 0.128 e. The molecule has 0 amide bonds. The summed E-state index contributed by atoms with van der Waals surface area (Å²) >= 11 is 6.29. The zero-order chi connectivity index (χ0) is 15.1. The molecule has 0 saturated heterocycles. The fraction of sp³-hybridized carbons (Fsp3) is 0.294. The van der Waals surface area contributed by atoms with Crippen LogP contribution >= 0.6 is 11.6 Å². The summed E-state index contributed by atoms with van der Waals surface area (Å²) in [6.07, 6.45) is 0. The maximum Gasteiger partial charge on any atom is 0.128 e. The van der Waals surface area contributed by atoms with Gasteiger partial charge in [0.05, 0.1) is 6.61 Å². The Morgan fingerprint density at radius 2 is 1.90 bits per heavy atom. The van der Waals surface area contributed by atoms with E-state index in [2.05, 4.69) is 5.32 Å². The van der Waals surface area contributed by atoms with Crippen molar-refractivity contribution in [2.45, 2.75) is 13.5 Å². The van der Waals surface area contributed by atoms with Crippen LogP contribution in [0, 0.1) is 6.92 Å². The lowest BCUT2D eigenvalue weighted by Gasteiger charge is -2.10. The van der Waals surface area contributed by atoms with Gasteiger partial charge in [-0.05, 0) is 42.3 Å². The largest absolute Gasteiger partial charge is 0.457 e. The van der Waals surface area contributed by atoms with Crippen LogP contribution in [-0.4, -0.2) is 20.3 Å². The molecule has 0 aliphatic heterocycles. The van der Waals surface area contributed by atoms with Crippen LogP contribution in [0.25, 0.3) is 0 Å². The minimum Gasteiger partial charge on any atom is -0.457 e. The molecular weight excluding hydrogens is 286 g/mol. The van der Waals surface area contributed by atoms with Crippen LogP contribution in [0.5, 0.6) is 11.5 Å². The van der Waals surface area contributed by atoms with E-state index in [9.17, 15) is 0 Å². The Morgan fingerprint density at radius 3 is 2.62 bits per heavy atom. The molecule has 3 nitrogen and oxygen atoms in total. The van der Waals surface area contributed by atoms with Gasteiger partial charge in [0, 0.05) is 25.2 Å². The third kappa shape index (κ3) is 5.05. The van der Waals surface area contributed by atoms with Crippen LogP contribution in [0.15, 0.2) is 42.5 Å². The highest BCUT2D eigenvalue weighted by Gasteiger charge is 2.04. The highest BCUT2D eigenvalue weighted by molar-refractivity contribution is 6.31. The van der Waals surface area contributed by atoms with E-state index >= 15 is 0 Å². The Balaban J connectivity index is 1.98. The minimum absolute atomic E-state index is 0.687. The first kappa shape index (κ1) is 15.8. The summed E-state index contributed by atoms with van der Waals surface area (Å²) in [5.74, 6) is 1.56. The molecule has 0 heterocycles. The monoisotopic (exact) mass is 305 g/mol. The average Bonchev–Trinajstić information content (AvgIpc) is 2.45. The zero-order valence-corrected chi connectivity index (χ0v) is 13.1. The predicted molar refractivity (Wildman–Crippen MR) is 86.3 cm³/mol. The molecule has 112 valence electrons. The van der Waals surface area contributed by atoms with Gasteiger partial charge in [-0.2, -0.15) is 0 Å². The summed E-state index contributed by atoms with van der Waals surface area (Å²) in [4.78, 5) is 0. The van der Waals surface area contributed by atoms with E-state index in [-0.39, 0.29) is 0 Å². The Labute approximate surface area is 130 Å². The summed E-state index contributed by atoms with van der Waals surface area (Å²) in [6.45, 7) is 4.24. The number of halogens is 1. The fourth-order valence-corrected chi connectivity index (χ4v) is 2.18. The lowest BCUT2D eigenvalue weighted by Crippen LogP contribution is -2.18. The summed E-state index contributed by atoms with van der Waals surface area (Å²) in [6, 6.07) is 13.7. The molecule has 0 bridgehead atoms. The third-order valence-electron chi connectivity index (χ3n) is 3.05. The van der Waals surface area contributed by atoms with Crippen molar-refractivity contribution in [1.82, 2.24) is 5.32 Å². The SMILES string of the molecule is COCCNCc1ccc(Oc2cccc(C)c2)cc1Cl. The standard InChI is InChI=1S/C17H20ClNO2/c1-13-4-3-5-15(10-13)21-16-7-6-14(17(18)11-16)12-19-8-9-20-2/h3-7,10-11,19H,8-9,12H2,1-2H3. The van der Waals surface area contributed by atoms with Gasteiger partial charge < -0.3 is 14.8 Å². The third-order valence-corrected chi connectivity index (χ3v) is 3.40. The number of rotatable bonds is 7. The van der Waals surface area contributed by atoms with Crippen molar-refractivity contribution in [1.29, 1.82) is 0 Å². The molecule has 0 fully saturated rings. The van der Waals surface area contributed by atoms with E-state index < -0.39 is 0 Å². The van der Waals surface area contributed by atoms with Gasteiger partial charge in [-0.15, -0.1) is 0 Å². The van der Waals surface area contributed by atoms with Gasteiger partial charge in [-0.25, -0.2) is 0 Å². The van der Waals surface area contributed by atoms with Gasteiger partial charge in [0.1, 0.15) is 11.5 Å². The molecule has 2 rings (SSSR count). The number of nitrogens with one attached hydrogen (secondary N) is 1. The maximum atomic E-state index is 6.29. The van der Waals surface area contributed by atoms with Crippen LogP contribution < -0.4 is 10.1 Å². The Kier molecular flexibility index (Phi) is 6.05. The van der Waals surface area contributed by atoms with Crippen LogP contribution in [0.4, 0.5) is 0 Å². The van der Waals surface area contributed by atoms with Crippen LogP contribution in [0.2, 0.25) is 5.02 Å². The minimum atomic E-state index is 0.687. The van der Waals surface area contributed by atoms with Crippen molar-refractivity contribution in [3.05, 3.63) is 58.6 Å². The van der Waals surface area contributed by atoms with Gasteiger partial charge in [0.15, 0.2) is 0 Å².